The smallest absolute Gasteiger partial charge is 0.0408 e. The Bertz CT molecular complexity index is 489. The molecule has 0 aliphatic carbocycles. The first-order chi connectivity index (χ1) is 10.2. The van der Waals surface area contributed by atoms with E-state index < -0.39 is 0 Å². The zero-order valence-corrected chi connectivity index (χ0v) is 18.3. The van der Waals surface area contributed by atoms with Crippen molar-refractivity contribution in [1.82, 2.24) is 10.2 Å². The van der Waals surface area contributed by atoms with Gasteiger partial charge in [-0.15, -0.1) is 36.6 Å². The van der Waals surface area contributed by atoms with Gasteiger partial charge in [-0.05, 0) is 17.0 Å². The van der Waals surface area contributed by atoms with E-state index in [4.69, 9.17) is 0 Å². The average molecular weight is 393 g/mol. The Balaban J connectivity index is 0.00000264. The third-order valence-corrected chi connectivity index (χ3v) is 5.17. The Morgan fingerprint density at radius 2 is 1.50 bits per heavy atom. The number of benzene rings is 1. The maximum Gasteiger partial charge on any atom is 0.0408 e. The van der Waals surface area contributed by atoms with Crippen LogP contribution in [0.2, 0.25) is 0 Å². The molecule has 0 unspecified atom stereocenters. The second kappa shape index (κ2) is 9.68. The van der Waals surface area contributed by atoms with E-state index in [0.717, 1.165) is 26.2 Å². The average Bonchev–Trinajstić information content (AvgIpc) is 2.39. The maximum absolute atomic E-state index is 3.48. The van der Waals surface area contributed by atoms with Crippen LogP contribution in [-0.4, -0.2) is 35.8 Å². The van der Waals surface area contributed by atoms with Crippen LogP contribution < -0.4 is 5.32 Å². The Kier molecular flexibility index (Phi) is 9.71. The van der Waals surface area contributed by atoms with Crippen molar-refractivity contribution >= 4 is 36.6 Å². The molecule has 1 heterocycles. The van der Waals surface area contributed by atoms with Gasteiger partial charge < -0.3 is 5.32 Å². The third kappa shape index (κ3) is 6.76. The molecule has 1 fully saturated rings. The second-order valence-corrected chi connectivity index (χ2v) is 10.2. The van der Waals surface area contributed by atoms with Gasteiger partial charge in [-0.3, -0.25) is 4.90 Å². The van der Waals surface area contributed by atoms with Crippen molar-refractivity contribution in [2.24, 2.45) is 5.41 Å². The van der Waals surface area contributed by atoms with Gasteiger partial charge in [-0.25, -0.2) is 0 Å². The van der Waals surface area contributed by atoms with Crippen LogP contribution in [0.5, 0.6) is 0 Å². The van der Waals surface area contributed by atoms with E-state index in [9.17, 15) is 0 Å². The number of hydrogen-bond donors (Lipinski definition) is 1. The molecule has 0 spiro atoms. The number of rotatable bonds is 3. The topological polar surface area (TPSA) is 15.3 Å². The lowest BCUT2D eigenvalue weighted by Crippen LogP contribution is -2.48. The van der Waals surface area contributed by atoms with Gasteiger partial charge in [0.15, 0.2) is 0 Å². The molecule has 2 rings (SSSR count). The highest BCUT2D eigenvalue weighted by Gasteiger charge is 2.34. The van der Waals surface area contributed by atoms with Gasteiger partial charge in [0, 0.05) is 41.9 Å². The molecule has 0 amide bonds. The molecule has 24 heavy (non-hydrogen) atoms. The molecule has 1 atom stereocenters. The fraction of sp³-hybridized carbons (Fsp3) is 0.684. The summed E-state index contributed by atoms with van der Waals surface area (Å²) in [5, 5.41) is 3.48. The molecule has 0 saturated carbocycles. The molecule has 140 valence electrons. The molecule has 1 aliphatic rings. The molecule has 1 aromatic carbocycles. The molecule has 1 saturated heterocycles. The van der Waals surface area contributed by atoms with Crippen molar-refractivity contribution < 1.29 is 0 Å². The van der Waals surface area contributed by atoms with E-state index in [-0.39, 0.29) is 35.0 Å². The molecule has 1 N–H and O–H groups in total. The highest BCUT2D eigenvalue weighted by molar-refractivity contribution is 8.00. The summed E-state index contributed by atoms with van der Waals surface area (Å²) in [6.07, 6.45) is 0. The van der Waals surface area contributed by atoms with Gasteiger partial charge in [-0.1, -0.05) is 59.7 Å². The van der Waals surface area contributed by atoms with Crippen LogP contribution in [0, 0.1) is 5.41 Å². The van der Waals surface area contributed by atoms with E-state index in [1.807, 2.05) is 11.8 Å². The van der Waals surface area contributed by atoms with Crippen LogP contribution in [0.4, 0.5) is 0 Å². The van der Waals surface area contributed by atoms with Crippen LogP contribution in [-0.2, 0) is 0 Å². The summed E-state index contributed by atoms with van der Waals surface area (Å²) in [6.45, 7) is 18.5. The van der Waals surface area contributed by atoms with Crippen molar-refractivity contribution in [2.45, 2.75) is 57.2 Å². The maximum atomic E-state index is 3.48. The summed E-state index contributed by atoms with van der Waals surface area (Å²) in [7, 11) is 0. The number of nitrogens with zero attached hydrogens (tertiary/aromatic N) is 1. The summed E-state index contributed by atoms with van der Waals surface area (Å²) in [6, 6.07) is 9.48. The summed E-state index contributed by atoms with van der Waals surface area (Å²) < 4.78 is 0.238. The van der Waals surface area contributed by atoms with Gasteiger partial charge in [0.2, 0.25) is 0 Å². The zero-order chi connectivity index (χ0) is 16.4. The lowest BCUT2D eigenvalue weighted by Gasteiger charge is -2.43. The molecule has 5 heteroatoms. The number of thioether (sulfide) groups is 1. The molecule has 0 bridgehead atoms. The molecular weight excluding hydrogens is 359 g/mol. The quantitative estimate of drug-likeness (QED) is 0.691. The van der Waals surface area contributed by atoms with Crippen LogP contribution in [0.1, 0.15) is 53.1 Å². The standard InChI is InChI=1S/C19H32N2S.2ClH/c1-18(2,3)17(21-13-11-20-12-14-21)15-9-7-8-10-16(15)22-19(4,5)6;;/h7-10,17,20H,11-14H2,1-6H3;2*1H/t17-;;/m1../s1. The van der Waals surface area contributed by atoms with E-state index in [2.05, 4.69) is 76.0 Å². The van der Waals surface area contributed by atoms with Gasteiger partial charge in [0.25, 0.3) is 0 Å². The minimum absolute atomic E-state index is 0. The lowest BCUT2D eigenvalue weighted by molar-refractivity contribution is 0.0843. The monoisotopic (exact) mass is 392 g/mol. The highest BCUT2D eigenvalue weighted by atomic mass is 35.5. The minimum atomic E-state index is 0. The summed E-state index contributed by atoms with van der Waals surface area (Å²) in [5.74, 6) is 0. The van der Waals surface area contributed by atoms with Gasteiger partial charge in [0.1, 0.15) is 0 Å². The fourth-order valence-electron chi connectivity index (χ4n) is 3.28. The van der Waals surface area contributed by atoms with Gasteiger partial charge in [0.05, 0.1) is 0 Å². The first kappa shape index (κ1) is 24.1. The summed E-state index contributed by atoms with van der Waals surface area (Å²) in [4.78, 5) is 4.10. The zero-order valence-electron chi connectivity index (χ0n) is 15.9. The summed E-state index contributed by atoms with van der Waals surface area (Å²) >= 11 is 1.99. The fourth-order valence-corrected chi connectivity index (χ4v) is 4.38. The molecule has 2 nitrogen and oxygen atoms in total. The minimum Gasteiger partial charge on any atom is -0.314 e. The second-order valence-electron chi connectivity index (χ2n) is 8.31. The normalized spacial score (nSPS) is 17.6. The third-order valence-electron chi connectivity index (χ3n) is 3.97. The number of halogens is 2. The first-order valence-corrected chi connectivity index (χ1v) is 9.23. The largest absolute Gasteiger partial charge is 0.314 e. The van der Waals surface area contributed by atoms with E-state index >= 15 is 0 Å². The molecule has 1 aromatic rings. The highest BCUT2D eigenvalue weighted by Crippen LogP contribution is 2.44. The van der Waals surface area contributed by atoms with E-state index in [1.54, 1.807) is 0 Å². The Labute approximate surface area is 165 Å². The van der Waals surface area contributed by atoms with E-state index in [1.165, 1.54) is 10.5 Å². The number of piperazine rings is 1. The molecule has 0 aromatic heterocycles. The van der Waals surface area contributed by atoms with Crippen molar-refractivity contribution in [1.29, 1.82) is 0 Å². The SMILES string of the molecule is CC(C)(C)Sc1ccccc1[C@@H](N1CCNCC1)C(C)(C)C.Cl.Cl. The molecule has 0 radical (unpaired) electrons. The van der Waals surface area contributed by atoms with Gasteiger partial charge >= 0.3 is 0 Å². The van der Waals surface area contributed by atoms with E-state index in [0.29, 0.717) is 6.04 Å². The lowest BCUT2D eigenvalue weighted by atomic mass is 9.81. The van der Waals surface area contributed by atoms with Crippen molar-refractivity contribution in [3.8, 4) is 0 Å². The van der Waals surface area contributed by atoms with Crippen molar-refractivity contribution in [2.75, 3.05) is 26.2 Å². The van der Waals surface area contributed by atoms with Gasteiger partial charge in [-0.2, -0.15) is 0 Å². The predicted octanol–water partition coefficient (Wildman–Crippen LogP) is 5.41. The Hall–Kier alpha value is 0.0700. The number of hydrogen-bond acceptors (Lipinski definition) is 3. The van der Waals surface area contributed by atoms with Crippen molar-refractivity contribution in [3.05, 3.63) is 29.8 Å². The van der Waals surface area contributed by atoms with Crippen molar-refractivity contribution in [3.63, 3.8) is 0 Å². The Morgan fingerprint density at radius 3 is 2.00 bits per heavy atom. The van der Waals surface area contributed by atoms with Crippen LogP contribution in [0.25, 0.3) is 0 Å². The summed E-state index contributed by atoms with van der Waals surface area (Å²) in [5.41, 5.74) is 1.73. The molecular formula is C19H34Cl2N2S. The Morgan fingerprint density at radius 1 is 0.958 bits per heavy atom. The first-order valence-electron chi connectivity index (χ1n) is 8.41. The number of nitrogens with one attached hydrogen (secondary N) is 1. The van der Waals surface area contributed by atoms with Crippen LogP contribution in [0.3, 0.4) is 0 Å². The molecule has 1 aliphatic heterocycles. The van der Waals surface area contributed by atoms with Crippen LogP contribution in [0.15, 0.2) is 29.2 Å². The predicted molar refractivity (Wildman–Crippen MR) is 113 cm³/mol. The van der Waals surface area contributed by atoms with Crippen LogP contribution >= 0.6 is 36.6 Å².